The summed E-state index contributed by atoms with van der Waals surface area (Å²) in [5, 5.41) is 0. The Morgan fingerprint density at radius 3 is 1.54 bits per heavy atom. The van der Waals surface area contributed by atoms with E-state index >= 15 is 0 Å². The zero-order valence-corrected chi connectivity index (χ0v) is 14.0. The standard InChI is InChI=1S/C21H18O2S/c1-2-4-16(5-3-1)21-17-6-10-19(11-7-17)22-14-24-15-23-20-12-8-18(21)9-13-20/h1-13,21H,14-15H2. The highest BCUT2D eigenvalue weighted by molar-refractivity contribution is 7.99. The van der Waals surface area contributed by atoms with Gasteiger partial charge in [-0.1, -0.05) is 66.4 Å². The molecule has 0 fully saturated rings. The highest BCUT2D eigenvalue weighted by atomic mass is 32.2. The fraction of sp³-hybridized carbons (Fsp3) is 0.143. The second-order valence-corrected chi connectivity index (χ2v) is 6.59. The molecule has 0 saturated heterocycles. The van der Waals surface area contributed by atoms with Gasteiger partial charge in [0.15, 0.2) is 0 Å². The highest BCUT2D eigenvalue weighted by Gasteiger charge is 2.17. The topological polar surface area (TPSA) is 18.5 Å². The van der Waals surface area contributed by atoms with Crippen LogP contribution < -0.4 is 9.47 Å². The van der Waals surface area contributed by atoms with E-state index in [1.54, 1.807) is 11.8 Å². The Balaban J connectivity index is 1.82. The lowest BCUT2D eigenvalue weighted by atomic mass is 9.85. The van der Waals surface area contributed by atoms with E-state index in [-0.39, 0.29) is 5.92 Å². The molecule has 0 N–H and O–H groups in total. The Morgan fingerprint density at radius 2 is 1.04 bits per heavy atom. The minimum atomic E-state index is 0.201. The molecule has 4 aliphatic rings. The predicted octanol–water partition coefficient (Wildman–Crippen LogP) is 5.29. The molecule has 4 heterocycles. The first-order valence-corrected chi connectivity index (χ1v) is 9.14. The normalized spacial score (nSPS) is 14.7. The molecule has 3 aromatic rings. The molecule has 120 valence electrons. The van der Waals surface area contributed by atoms with Gasteiger partial charge in [0.2, 0.25) is 0 Å². The molecule has 3 aromatic carbocycles. The fourth-order valence-corrected chi connectivity index (χ4v) is 3.50. The van der Waals surface area contributed by atoms with Gasteiger partial charge in [-0.15, -0.1) is 0 Å². The highest BCUT2D eigenvalue weighted by Crippen LogP contribution is 2.34. The van der Waals surface area contributed by atoms with Crippen LogP contribution in [-0.4, -0.2) is 11.9 Å². The van der Waals surface area contributed by atoms with E-state index in [1.807, 2.05) is 24.3 Å². The van der Waals surface area contributed by atoms with Crippen LogP contribution in [0.5, 0.6) is 11.5 Å². The molecule has 0 atom stereocenters. The van der Waals surface area contributed by atoms with Crippen LogP contribution in [0.1, 0.15) is 22.6 Å². The molecule has 24 heavy (non-hydrogen) atoms. The van der Waals surface area contributed by atoms with Crippen LogP contribution in [0.4, 0.5) is 0 Å². The first-order chi connectivity index (χ1) is 11.9. The van der Waals surface area contributed by atoms with Gasteiger partial charge in [-0.25, -0.2) is 0 Å². The summed E-state index contributed by atoms with van der Waals surface area (Å²) in [7, 11) is 0. The summed E-state index contributed by atoms with van der Waals surface area (Å²) in [5.74, 6) is 3.15. The Hall–Kier alpha value is -2.39. The summed E-state index contributed by atoms with van der Waals surface area (Å²) in [6.45, 7) is 0. The van der Waals surface area contributed by atoms with Crippen molar-refractivity contribution in [3.05, 3.63) is 95.6 Å². The van der Waals surface area contributed by atoms with Crippen molar-refractivity contribution < 1.29 is 9.47 Å². The van der Waals surface area contributed by atoms with Crippen LogP contribution in [0, 0.1) is 0 Å². The molecular weight excluding hydrogens is 316 g/mol. The molecule has 0 radical (unpaired) electrons. The van der Waals surface area contributed by atoms with Crippen LogP contribution in [-0.2, 0) is 0 Å². The third-order valence-corrected chi connectivity index (χ3v) is 4.75. The largest absolute Gasteiger partial charge is 0.483 e. The first kappa shape index (κ1) is 15.2. The van der Waals surface area contributed by atoms with Crippen molar-refractivity contribution >= 4 is 11.8 Å². The van der Waals surface area contributed by atoms with Gasteiger partial charge in [0.1, 0.15) is 23.4 Å². The van der Waals surface area contributed by atoms with E-state index in [9.17, 15) is 0 Å². The molecule has 0 unspecified atom stereocenters. The third kappa shape index (κ3) is 3.26. The number of thioether (sulfide) groups is 1. The summed E-state index contributed by atoms with van der Waals surface area (Å²) in [6.07, 6.45) is 0. The Kier molecular flexibility index (Phi) is 4.43. The number of hydrogen-bond donors (Lipinski definition) is 0. The SMILES string of the molecule is c1ccc(C2c3ccc(cc3)OCSCOc3ccc2cc3)cc1. The van der Waals surface area contributed by atoms with Gasteiger partial charge in [-0.05, 0) is 41.0 Å². The Bertz CT molecular complexity index is 733. The molecule has 0 aliphatic carbocycles. The first-order valence-electron chi connectivity index (χ1n) is 7.98. The van der Waals surface area contributed by atoms with Crippen molar-refractivity contribution in [2.75, 3.05) is 11.9 Å². The Labute approximate surface area is 146 Å². The molecule has 4 bridgehead atoms. The van der Waals surface area contributed by atoms with Gasteiger partial charge in [-0.3, -0.25) is 0 Å². The Morgan fingerprint density at radius 1 is 0.583 bits per heavy atom. The van der Waals surface area contributed by atoms with Gasteiger partial charge in [0, 0.05) is 5.92 Å². The molecule has 0 spiro atoms. The van der Waals surface area contributed by atoms with Gasteiger partial charge < -0.3 is 9.47 Å². The quantitative estimate of drug-likeness (QED) is 0.603. The molecular formula is C21H18O2S. The smallest absolute Gasteiger partial charge is 0.137 e. The van der Waals surface area contributed by atoms with E-state index in [0.717, 1.165) is 11.5 Å². The second-order valence-electron chi connectivity index (χ2n) is 5.71. The molecule has 0 amide bonds. The molecule has 2 nitrogen and oxygen atoms in total. The van der Waals surface area contributed by atoms with Crippen LogP contribution in [0.3, 0.4) is 0 Å². The molecule has 0 saturated carbocycles. The minimum Gasteiger partial charge on any atom is -0.483 e. The van der Waals surface area contributed by atoms with Gasteiger partial charge >= 0.3 is 0 Å². The van der Waals surface area contributed by atoms with E-state index in [0.29, 0.717) is 11.9 Å². The number of rotatable bonds is 1. The van der Waals surface area contributed by atoms with Crippen molar-refractivity contribution in [1.29, 1.82) is 0 Å². The van der Waals surface area contributed by atoms with Gasteiger partial charge in [0.25, 0.3) is 0 Å². The number of hydrogen-bond acceptors (Lipinski definition) is 3. The van der Waals surface area contributed by atoms with E-state index in [2.05, 4.69) is 54.6 Å². The molecule has 4 aliphatic heterocycles. The number of ether oxygens (including phenoxy) is 2. The van der Waals surface area contributed by atoms with E-state index in [4.69, 9.17) is 9.47 Å². The zero-order valence-electron chi connectivity index (χ0n) is 13.2. The van der Waals surface area contributed by atoms with E-state index < -0.39 is 0 Å². The lowest BCUT2D eigenvalue weighted by Crippen LogP contribution is -2.05. The summed E-state index contributed by atoms with van der Waals surface area (Å²) in [4.78, 5) is 0. The van der Waals surface area contributed by atoms with Crippen molar-refractivity contribution in [2.45, 2.75) is 5.92 Å². The maximum atomic E-state index is 5.76. The summed E-state index contributed by atoms with van der Waals surface area (Å²) < 4.78 is 11.5. The van der Waals surface area contributed by atoms with Crippen LogP contribution >= 0.6 is 11.8 Å². The average molecular weight is 334 g/mol. The van der Waals surface area contributed by atoms with Crippen molar-refractivity contribution in [1.82, 2.24) is 0 Å². The fourth-order valence-electron chi connectivity index (χ4n) is 2.99. The molecule has 7 rings (SSSR count). The van der Waals surface area contributed by atoms with E-state index in [1.165, 1.54) is 16.7 Å². The van der Waals surface area contributed by atoms with Gasteiger partial charge in [-0.2, -0.15) is 0 Å². The lowest BCUT2D eigenvalue weighted by molar-refractivity contribution is 0.372. The maximum Gasteiger partial charge on any atom is 0.137 e. The second kappa shape index (κ2) is 7.02. The summed E-state index contributed by atoms with van der Waals surface area (Å²) >= 11 is 1.61. The van der Waals surface area contributed by atoms with Crippen molar-refractivity contribution in [3.8, 4) is 11.5 Å². The summed E-state index contributed by atoms with van der Waals surface area (Å²) in [5.41, 5.74) is 3.79. The van der Waals surface area contributed by atoms with Crippen molar-refractivity contribution in [2.24, 2.45) is 0 Å². The predicted molar refractivity (Wildman–Crippen MR) is 98.9 cm³/mol. The minimum absolute atomic E-state index is 0.201. The lowest BCUT2D eigenvalue weighted by Gasteiger charge is -2.20. The maximum absolute atomic E-state index is 5.76. The third-order valence-electron chi connectivity index (χ3n) is 4.18. The average Bonchev–Trinajstić information content (AvgIpc) is 2.65. The van der Waals surface area contributed by atoms with Crippen molar-refractivity contribution in [3.63, 3.8) is 0 Å². The molecule has 3 heteroatoms. The number of benzene rings is 3. The van der Waals surface area contributed by atoms with Gasteiger partial charge in [0.05, 0.1) is 0 Å². The van der Waals surface area contributed by atoms with Crippen LogP contribution in [0.15, 0.2) is 78.9 Å². The van der Waals surface area contributed by atoms with Crippen LogP contribution in [0.25, 0.3) is 0 Å². The zero-order chi connectivity index (χ0) is 16.2. The van der Waals surface area contributed by atoms with Crippen LogP contribution in [0.2, 0.25) is 0 Å². The summed E-state index contributed by atoms with van der Waals surface area (Å²) in [6, 6.07) is 27.4. The molecule has 0 aromatic heterocycles. The monoisotopic (exact) mass is 334 g/mol.